The van der Waals surface area contributed by atoms with Crippen molar-refractivity contribution in [2.24, 2.45) is 0 Å². The van der Waals surface area contributed by atoms with E-state index in [2.05, 4.69) is 5.32 Å². The highest BCUT2D eigenvalue weighted by molar-refractivity contribution is 5.76. The van der Waals surface area contributed by atoms with Gasteiger partial charge >= 0.3 is 5.97 Å². The van der Waals surface area contributed by atoms with Gasteiger partial charge in [-0.25, -0.2) is 0 Å². The third-order valence-corrected chi connectivity index (χ3v) is 2.77. The molecule has 6 heteroatoms. The van der Waals surface area contributed by atoms with Gasteiger partial charge in [-0.1, -0.05) is 19.1 Å². The van der Waals surface area contributed by atoms with Crippen LogP contribution in [0.3, 0.4) is 0 Å². The zero-order chi connectivity index (χ0) is 16.0. The van der Waals surface area contributed by atoms with Gasteiger partial charge in [-0.3, -0.25) is 14.9 Å². The predicted octanol–water partition coefficient (Wildman–Crippen LogP) is 2.80. The fourth-order valence-electron chi connectivity index (χ4n) is 1.79. The van der Waals surface area contributed by atoms with Crippen molar-refractivity contribution in [2.75, 3.05) is 0 Å². The summed E-state index contributed by atoms with van der Waals surface area (Å²) in [5.74, 6) is -0.310. The lowest BCUT2D eigenvalue weighted by molar-refractivity contribution is -0.384. The molecule has 0 aromatic heterocycles. The quantitative estimate of drug-likeness (QED) is 0.495. The number of nitrogens with zero attached hydrogens (tertiary/aromatic N) is 1. The number of nitro benzene ring substituents is 1. The van der Waals surface area contributed by atoms with Gasteiger partial charge in [0.05, 0.1) is 4.92 Å². The molecule has 0 aliphatic heterocycles. The number of ether oxygens (including phenoxy) is 1. The summed E-state index contributed by atoms with van der Waals surface area (Å²) in [5.41, 5.74) is 0.267. The van der Waals surface area contributed by atoms with E-state index >= 15 is 0 Å². The molecule has 0 bridgehead atoms. The van der Waals surface area contributed by atoms with Crippen LogP contribution in [0.5, 0.6) is 0 Å². The maximum atomic E-state index is 12.0. The highest BCUT2D eigenvalue weighted by Gasteiger charge is 2.23. The fourth-order valence-corrected chi connectivity index (χ4v) is 1.79. The minimum absolute atomic E-state index is 0.0413. The molecule has 1 N–H and O–H groups in total. The summed E-state index contributed by atoms with van der Waals surface area (Å²) in [6, 6.07) is 5.91. The van der Waals surface area contributed by atoms with Gasteiger partial charge in [0.25, 0.3) is 5.69 Å². The van der Waals surface area contributed by atoms with Crippen molar-refractivity contribution in [3.05, 3.63) is 39.9 Å². The minimum atomic E-state index is -0.530. The van der Waals surface area contributed by atoms with E-state index in [0.717, 1.165) is 5.56 Å². The number of hydrogen-bond donors (Lipinski definition) is 1. The number of benzene rings is 1. The van der Waals surface area contributed by atoms with E-state index < -0.39 is 16.6 Å². The first-order chi connectivity index (χ1) is 9.73. The van der Waals surface area contributed by atoms with Crippen molar-refractivity contribution in [3.63, 3.8) is 0 Å². The van der Waals surface area contributed by atoms with E-state index in [0.29, 0.717) is 13.0 Å². The Hall–Kier alpha value is -1.95. The molecule has 1 aromatic rings. The van der Waals surface area contributed by atoms with E-state index in [-0.39, 0.29) is 11.7 Å². The van der Waals surface area contributed by atoms with Crippen LogP contribution in [0.4, 0.5) is 5.69 Å². The molecule has 1 unspecified atom stereocenters. The summed E-state index contributed by atoms with van der Waals surface area (Å²) in [4.78, 5) is 22.3. The van der Waals surface area contributed by atoms with Gasteiger partial charge in [-0.05, 0) is 32.8 Å². The number of nitrogens with one attached hydrogen (secondary N) is 1. The lowest BCUT2D eigenvalue weighted by Gasteiger charge is -2.24. The zero-order valence-corrected chi connectivity index (χ0v) is 12.9. The molecule has 0 amide bonds. The number of esters is 1. The van der Waals surface area contributed by atoms with Crippen molar-refractivity contribution in [1.82, 2.24) is 5.32 Å². The summed E-state index contributed by atoms with van der Waals surface area (Å²) >= 11 is 0. The predicted molar refractivity (Wildman–Crippen MR) is 79.9 cm³/mol. The molecule has 0 fully saturated rings. The Morgan fingerprint density at radius 1 is 1.43 bits per heavy atom. The van der Waals surface area contributed by atoms with Crippen LogP contribution in [0.2, 0.25) is 0 Å². The third kappa shape index (κ3) is 5.91. The van der Waals surface area contributed by atoms with Crippen LogP contribution in [-0.4, -0.2) is 22.5 Å². The topological polar surface area (TPSA) is 81.5 Å². The van der Waals surface area contributed by atoms with Crippen LogP contribution >= 0.6 is 0 Å². The molecular weight excluding hydrogens is 272 g/mol. The standard InChI is InChI=1S/C15H22N2O4/c1-5-13(14(18)21-15(2,3)4)16-10-11-7-6-8-12(9-11)17(19)20/h6-9,13,16H,5,10H2,1-4H3. The van der Waals surface area contributed by atoms with Crippen LogP contribution in [0.15, 0.2) is 24.3 Å². The largest absolute Gasteiger partial charge is 0.459 e. The smallest absolute Gasteiger partial charge is 0.323 e. The third-order valence-electron chi connectivity index (χ3n) is 2.77. The average molecular weight is 294 g/mol. The Labute approximate surface area is 124 Å². The second kappa shape index (κ2) is 7.17. The Kier molecular flexibility index (Phi) is 5.84. The molecule has 1 rings (SSSR count). The normalized spacial score (nSPS) is 12.8. The van der Waals surface area contributed by atoms with Gasteiger partial charge in [0.2, 0.25) is 0 Å². The number of nitro groups is 1. The molecular formula is C15H22N2O4. The molecule has 0 saturated carbocycles. The second-order valence-corrected chi connectivity index (χ2v) is 5.80. The van der Waals surface area contributed by atoms with Gasteiger partial charge in [-0.15, -0.1) is 0 Å². The van der Waals surface area contributed by atoms with E-state index in [4.69, 9.17) is 4.74 Å². The summed E-state index contributed by atoms with van der Waals surface area (Å²) in [6.07, 6.45) is 0.587. The van der Waals surface area contributed by atoms with Crippen molar-refractivity contribution >= 4 is 11.7 Å². The second-order valence-electron chi connectivity index (χ2n) is 5.80. The molecule has 0 heterocycles. The van der Waals surface area contributed by atoms with E-state index in [9.17, 15) is 14.9 Å². The van der Waals surface area contributed by atoms with Gasteiger partial charge < -0.3 is 10.1 Å². The van der Waals surface area contributed by atoms with Gasteiger partial charge in [0, 0.05) is 18.7 Å². The van der Waals surface area contributed by atoms with Crippen molar-refractivity contribution in [3.8, 4) is 0 Å². The summed E-state index contributed by atoms with van der Waals surface area (Å²) in [7, 11) is 0. The maximum absolute atomic E-state index is 12.0. The Morgan fingerprint density at radius 3 is 2.62 bits per heavy atom. The number of hydrogen-bond acceptors (Lipinski definition) is 5. The molecule has 0 spiro atoms. The summed E-state index contributed by atoms with van der Waals surface area (Å²) in [6.45, 7) is 7.71. The first kappa shape index (κ1) is 17.1. The molecule has 116 valence electrons. The first-order valence-corrected chi connectivity index (χ1v) is 6.92. The number of carbonyl (C=O) groups excluding carboxylic acids is 1. The molecule has 21 heavy (non-hydrogen) atoms. The van der Waals surface area contributed by atoms with Crippen molar-refractivity contribution in [1.29, 1.82) is 0 Å². The van der Waals surface area contributed by atoms with Gasteiger partial charge in [-0.2, -0.15) is 0 Å². The molecule has 0 saturated heterocycles. The van der Waals surface area contributed by atoms with Crippen LogP contribution in [0, 0.1) is 10.1 Å². The summed E-state index contributed by atoms with van der Waals surface area (Å²) in [5, 5.41) is 13.8. The molecule has 0 radical (unpaired) electrons. The monoisotopic (exact) mass is 294 g/mol. The lowest BCUT2D eigenvalue weighted by Crippen LogP contribution is -2.40. The van der Waals surface area contributed by atoms with E-state index in [1.54, 1.807) is 12.1 Å². The van der Waals surface area contributed by atoms with Crippen molar-refractivity contribution in [2.45, 2.75) is 52.3 Å². The number of non-ortho nitro benzene ring substituents is 1. The van der Waals surface area contributed by atoms with Crippen LogP contribution < -0.4 is 5.32 Å². The Balaban J connectivity index is 2.65. The Bertz CT molecular complexity index is 509. The van der Waals surface area contributed by atoms with E-state index in [1.165, 1.54) is 12.1 Å². The lowest BCUT2D eigenvalue weighted by atomic mass is 10.1. The molecule has 1 aromatic carbocycles. The molecule has 6 nitrogen and oxygen atoms in total. The van der Waals surface area contributed by atoms with Gasteiger partial charge in [0.15, 0.2) is 0 Å². The van der Waals surface area contributed by atoms with Crippen LogP contribution in [0.25, 0.3) is 0 Å². The molecule has 0 aliphatic rings. The Morgan fingerprint density at radius 2 is 2.10 bits per heavy atom. The highest BCUT2D eigenvalue weighted by Crippen LogP contribution is 2.14. The summed E-state index contributed by atoms with van der Waals surface area (Å²) < 4.78 is 5.33. The highest BCUT2D eigenvalue weighted by atomic mass is 16.6. The average Bonchev–Trinajstić information content (AvgIpc) is 2.37. The maximum Gasteiger partial charge on any atom is 0.323 e. The molecule has 0 aliphatic carbocycles. The first-order valence-electron chi connectivity index (χ1n) is 6.92. The molecule has 1 atom stereocenters. The van der Waals surface area contributed by atoms with E-state index in [1.807, 2.05) is 27.7 Å². The fraction of sp³-hybridized carbons (Fsp3) is 0.533. The van der Waals surface area contributed by atoms with Gasteiger partial charge in [0.1, 0.15) is 11.6 Å². The SMILES string of the molecule is CCC(NCc1cccc([N+](=O)[O-])c1)C(=O)OC(C)(C)C. The zero-order valence-electron chi connectivity index (χ0n) is 12.9. The number of rotatable bonds is 6. The van der Waals surface area contributed by atoms with Crippen LogP contribution in [0.1, 0.15) is 39.7 Å². The van der Waals surface area contributed by atoms with Crippen molar-refractivity contribution < 1.29 is 14.5 Å². The minimum Gasteiger partial charge on any atom is -0.459 e. The number of carbonyl (C=O) groups is 1. The van der Waals surface area contributed by atoms with Crippen LogP contribution in [-0.2, 0) is 16.1 Å².